The van der Waals surface area contributed by atoms with Gasteiger partial charge in [-0.05, 0) is 42.8 Å². The number of nitrogens with one attached hydrogen (secondary N) is 2. The van der Waals surface area contributed by atoms with Crippen LogP contribution in [0.5, 0.6) is 11.5 Å². The monoisotopic (exact) mass is 567 g/mol. The third-order valence-corrected chi connectivity index (χ3v) is 8.02. The summed E-state index contributed by atoms with van der Waals surface area (Å²) in [6, 6.07) is 20.0. The van der Waals surface area contributed by atoms with Crippen molar-refractivity contribution in [3.63, 3.8) is 0 Å². The van der Waals surface area contributed by atoms with Gasteiger partial charge in [-0.15, -0.1) is 23.1 Å². The molecule has 0 fully saturated rings. The molecule has 3 aromatic carbocycles. The molecule has 1 aromatic heterocycles. The van der Waals surface area contributed by atoms with Crippen molar-refractivity contribution in [2.24, 2.45) is 0 Å². The lowest BCUT2D eigenvalue weighted by Gasteiger charge is -2.15. The van der Waals surface area contributed by atoms with Gasteiger partial charge in [-0.25, -0.2) is 4.98 Å². The van der Waals surface area contributed by atoms with Gasteiger partial charge in [0.2, 0.25) is 5.91 Å². The third kappa shape index (κ3) is 6.48. The van der Waals surface area contributed by atoms with Crippen LogP contribution in [0, 0.1) is 0 Å². The quantitative estimate of drug-likeness (QED) is 0.196. The maximum Gasteiger partial charge on any atom is 0.263 e. The number of thioether (sulfide) groups is 1. The fraction of sp³-hybridized carbons (Fsp3) is 0.179. The van der Waals surface area contributed by atoms with E-state index < -0.39 is 0 Å². The smallest absolute Gasteiger partial charge is 0.263 e. The minimum Gasteiger partial charge on any atom is -0.496 e. The molecule has 2 amide bonds. The van der Waals surface area contributed by atoms with E-state index in [1.165, 1.54) is 37.3 Å². The first-order chi connectivity index (χ1) is 18.4. The number of amides is 2. The Balaban J connectivity index is 1.44. The van der Waals surface area contributed by atoms with Gasteiger partial charge < -0.3 is 20.1 Å². The van der Waals surface area contributed by atoms with Crippen LogP contribution >= 0.6 is 34.7 Å². The molecule has 0 bridgehead atoms. The second-order valence-corrected chi connectivity index (χ2v) is 10.6. The molecule has 0 saturated heterocycles. The highest BCUT2D eigenvalue weighted by Crippen LogP contribution is 2.33. The molecular weight excluding hydrogens is 542 g/mol. The molecule has 0 saturated carbocycles. The first-order valence-electron chi connectivity index (χ1n) is 11.7. The molecule has 0 aliphatic carbocycles. The maximum absolute atomic E-state index is 13.1. The van der Waals surface area contributed by atoms with E-state index in [0.29, 0.717) is 45.0 Å². The lowest BCUT2D eigenvalue weighted by atomic mass is 10.1. The number of nitrogens with zero attached hydrogens (tertiary/aromatic N) is 1. The molecule has 0 aliphatic heterocycles. The lowest BCUT2D eigenvalue weighted by Crippen LogP contribution is -2.24. The minimum atomic E-state index is -0.358. The predicted molar refractivity (Wildman–Crippen MR) is 155 cm³/mol. The Kier molecular flexibility index (Phi) is 9.28. The number of benzene rings is 3. The van der Waals surface area contributed by atoms with Crippen LogP contribution in [0.4, 0.5) is 10.8 Å². The summed E-state index contributed by atoms with van der Waals surface area (Å²) in [4.78, 5) is 31.5. The standard InChI is InChI=1S/C28H26ClN3O4S2/c1-4-24(26(33)32-28-31-21(16-37-28)19-11-5-6-12-20(19)29)38-18-10-7-9-17(15-18)30-27(34)25-22(35-2)13-8-14-23(25)36-3/h5-16,24H,4H2,1-3H3,(H,30,34)(H,31,32,33). The van der Waals surface area contributed by atoms with Crippen molar-refractivity contribution >= 4 is 57.3 Å². The number of carbonyl (C=O) groups excluding carboxylic acids is 2. The van der Waals surface area contributed by atoms with E-state index in [4.69, 9.17) is 21.1 Å². The summed E-state index contributed by atoms with van der Waals surface area (Å²) in [6.07, 6.45) is 0.605. The second-order valence-electron chi connectivity index (χ2n) is 8.04. The van der Waals surface area contributed by atoms with Gasteiger partial charge >= 0.3 is 0 Å². The molecule has 10 heteroatoms. The number of rotatable bonds is 10. The lowest BCUT2D eigenvalue weighted by molar-refractivity contribution is -0.115. The van der Waals surface area contributed by atoms with E-state index in [0.717, 1.165) is 10.5 Å². The summed E-state index contributed by atoms with van der Waals surface area (Å²) in [5.41, 5.74) is 2.43. The highest BCUT2D eigenvalue weighted by molar-refractivity contribution is 8.00. The fourth-order valence-corrected chi connectivity index (χ4v) is 5.67. The maximum atomic E-state index is 13.1. The molecule has 0 spiro atoms. The van der Waals surface area contributed by atoms with Crippen molar-refractivity contribution < 1.29 is 19.1 Å². The van der Waals surface area contributed by atoms with Gasteiger partial charge in [0.25, 0.3) is 5.91 Å². The van der Waals surface area contributed by atoms with Crippen molar-refractivity contribution in [3.05, 3.63) is 82.7 Å². The second kappa shape index (κ2) is 12.8. The Morgan fingerprint density at radius 1 is 1.00 bits per heavy atom. The van der Waals surface area contributed by atoms with E-state index in [-0.39, 0.29) is 17.1 Å². The van der Waals surface area contributed by atoms with E-state index in [1.54, 1.807) is 24.3 Å². The number of halogens is 1. The summed E-state index contributed by atoms with van der Waals surface area (Å²) >= 11 is 9.05. The molecule has 38 heavy (non-hydrogen) atoms. The number of hydrogen-bond donors (Lipinski definition) is 2. The van der Waals surface area contributed by atoms with E-state index >= 15 is 0 Å². The zero-order chi connectivity index (χ0) is 27.1. The average molecular weight is 568 g/mol. The molecule has 196 valence electrons. The van der Waals surface area contributed by atoms with E-state index in [1.807, 2.05) is 54.8 Å². The number of hydrogen-bond acceptors (Lipinski definition) is 7. The Morgan fingerprint density at radius 3 is 2.39 bits per heavy atom. The van der Waals surface area contributed by atoms with Crippen LogP contribution in [0.3, 0.4) is 0 Å². The molecule has 1 heterocycles. The van der Waals surface area contributed by atoms with Crippen molar-refractivity contribution in [2.45, 2.75) is 23.5 Å². The van der Waals surface area contributed by atoms with Crippen LogP contribution in [0.1, 0.15) is 23.7 Å². The van der Waals surface area contributed by atoms with Crippen LogP contribution in [0.25, 0.3) is 11.3 Å². The Hall–Kier alpha value is -3.53. The topological polar surface area (TPSA) is 89.5 Å². The zero-order valence-corrected chi connectivity index (χ0v) is 23.4. The van der Waals surface area contributed by atoms with Crippen molar-refractivity contribution in [2.75, 3.05) is 24.9 Å². The molecule has 4 rings (SSSR count). The molecular formula is C28H26ClN3O4S2. The molecule has 2 N–H and O–H groups in total. The van der Waals surface area contributed by atoms with E-state index in [9.17, 15) is 9.59 Å². The molecule has 1 atom stereocenters. The Labute approximate surface area is 234 Å². The summed E-state index contributed by atoms with van der Waals surface area (Å²) in [5.74, 6) is 0.319. The zero-order valence-electron chi connectivity index (χ0n) is 21.0. The molecule has 4 aromatic rings. The average Bonchev–Trinajstić information content (AvgIpc) is 3.39. The van der Waals surface area contributed by atoms with Gasteiger partial charge in [-0.2, -0.15) is 0 Å². The number of methoxy groups -OCH3 is 2. The number of anilines is 2. The number of ether oxygens (including phenoxy) is 2. The van der Waals surface area contributed by atoms with Gasteiger partial charge in [0.15, 0.2) is 5.13 Å². The van der Waals surface area contributed by atoms with Gasteiger partial charge in [0.05, 0.1) is 25.2 Å². The SMILES string of the molecule is CCC(Sc1cccc(NC(=O)c2c(OC)cccc2OC)c1)C(=O)Nc1nc(-c2ccccc2Cl)cs1. The van der Waals surface area contributed by atoms with E-state index in [2.05, 4.69) is 15.6 Å². The molecule has 1 unspecified atom stereocenters. The first kappa shape index (κ1) is 27.5. The largest absolute Gasteiger partial charge is 0.496 e. The van der Waals surface area contributed by atoms with Gasteiger partial charge in [-0.1, -0.05) is 48.9 Å². The number of aromatic nitrogens is 1. The predicted octanol–water partition coefficient (Wildman–Crippen LogP) is 7.24. The number of thiazole rings is 1. The first-order valence-corrected chi connectivity index (χ1v) is 13.9. The van der Waals surface area contributed by atoms with Crippen molar-refractivity contribution in [1.82, 2.24) is 4.98 Å². The van der Waals surface area contributed by atoms with Crippen LogP contribution in [0.2, 0.25) is 5.02 Å². The number of carbonyl (C=O) groups is 2. The van der Waals surface area contributed by atoms with Gasteiger partial charge in [-0.3, -0.25) is 9.59 Å². The minimum absolute atomic E-state index is 0.147. The summed E-state index contributed by atoms with van der Waals surface area (Å²) < 4.78 is 10.7. The third-order valence-electron chi connectivity index (χ3n) is 5.57. The highest BCUT2D eigenvalue weighted by atomic mass is 35.5. The van der Waals surface area contributed by atoms with Gasteiger partial charge in [0.1, 0.15) is 17.1 Å². The Morgan fingerprint density at radius 2 is 1.71 bits per heavy atom. The molecule has 0 radical (unpaired) electrons. The highest BCUT2D eigenvalue weighted by Gasteiger charge is 2.21. The van der Waals surface area contributed by atoms with Crippen LogP contribution < -0.4 is 20.1 Å². The molecule has 7 nitrogen and oxygen atoms in total. The summed E-state index contributed by atoms with van der Waals surface area (Å²) in [5, 5.41) is 8.45. The Bertz CT molecular complexity index is 1420. The summed E-state index contributed by atoms with van der Waals surface area (Å²) in [7, 11) is 3.00. The normalized spacial score (nSPS) is 11.5. The van der Waals surface area contributed by atoms with Gasteiger partial charge in [0, 0.05) is 26.5 Å². The van der Waals surface area contributed by atoms with Crippen molar-refractivity contribution in [1.29, 1.82) is 0 Å². The summed E-state index contributed by atoms with van der Waals surface area (Å²) in [6.45, 7) is 1.95. The van der Waals surface area contributed by atoms with Crippen LogP contribution in [-0.2, 0) is 4.79 Å². The van der Waals surface area contributed by atoms with Crippen LogP contribution in [-0.4, -0.2) is 36.3 Å². The molecule has 0 aliphatic rings. The fourth-order valence-electron chi connectivity index (χ4n) is 3.71. The van der Waals surface area contributed by atoms with Crippen LogP contribution in [0.15, 0.2) is 77.0 Å². The van der Waals surface area contributed by atoms with Crippen molar-refractivity contribution in [3.8, 4) is 22.8 Å².